The maximum atomic E-state index is 12.9. The maximum absolute atomic E-state index is 12.9. The van der Waals surface area contributed by atoms with E-state index in [1.165, 1.54) is 51.4 Å². The molecule has 0 aromatic rings. The number of esters is 3. The van der Waals surface area contributed by atoms with Gasteiger partial charge in [0.25, 0.3) is 0 Å². The average Bonchev–Trinajstić information content (AvgIpc) is 1.48. The number of phosphoric acid groups is 2. The Morgan fingerprint density at radius 3 is 0.866 bits per heavy atom. The van der Waals surface area contributed by atoms with Crippen LogP contribution in [0.4, 0.5) is 0 Å². The van der Waals surface area contributed by atoms with Crippen molar-refractivity contribution in [2.45, 2.75) is 309 Å². The van der Waals surface area contributed by atoms with Crippen LogP contribution >= 0.6 is 15.6 Å². The van der Waals surface area contributed by atoms with Crippen LogP contribution in [-0.2, 0) is 55.8 Å². The first kappa shape index (κ1) is 92.7. The molecule has 0 saturated carbocycles. The predicted molar refractivity (Wildman–Crippen MR) is 399 cm³/mol. The van der Waals surface area contributed by atoms with Crippen molar-refractivity contribution >= 4 is 33.6 Å². The molecule has 0 bridgehead atoms. The van der Waals surface area contributed by atoms with E-state index in [4.69, 9.17) is 32.3 Å². The number of allylic oxidation sites excluding steroid dienone is 22. The molecule has 0 radical (unpaired) electrons. The highest BCUT2D eigenvalue weighted by Gasteiger charge is 2.29. The van der Waals surface area contributed by atoms with Crippen LogP contribution in [0.5, 0.6) is 0 Å². The second kappa shape index (κ2) is 71.5. The predicted octanol–water partition coefficient (Wildman–Crippen LogP) is 21.5. The fraction of sp³-hybridized carbons (Fsp3) is 0.684. The minimum Gasteiger partial charge on any atom is -0.463 e. The van der Waals surface area contributed by atoms with Crippen LogP contribution in [-0.4, -0.2) is 95.9 Å². The smallest absolute Gasteiger partial charge is 0.463 e. The number of hydrogen-bond acceptors (Lipinski definition) is 14. The molecule has 0 aliphatic rings. The van der Waals surface area contributed by atoms with E-state index < -0.39 is 91.5 Å². The SMILES string of the molecule is CC/C=C\C/C=C\C/C=C\C/C=C\C/C=C\C/C=C\CCCCCCCCCCCCC(=O)OCC(O)COP(=O)(O)OCC(O)COP(=O)(O)OCC(COC(=O)CCCCCCCCC/C=C\C/C=C\C/C=C\CC)OC(=O)CCCCCCC/C=C\C/C=C\CCCCC. The summed E-state index contributed by atoms with van der Waals surface area (Å²) in [6.07, 6.45) is 85.0. The van der Waals surface area contributed by atoms with Gasteiger partial charge in [0.15, 0.2) is 6.10 Å². The molecule has 0 aromatic carbocycles. The third-order valence-corrected chi connectivity index (χ3v) is 17.2. The van der Waals surface area contributed by atoms with E-state index in [1.807, 2.05) is 0 Å². The van der Waals surface area contributed by atoms with Gasteiger partial charge in [-0.05, 0) is 135 Å². The van der Waals surface area contributed by atoms with Gasteiger partial charge >= 0.3 is 33.6 Å². The largest absolute Gasteiger partial charge is 0.472 e. The lowest BCUT2D eigenvalue weighted by Crippen LogP contribution is -2.30. The number of carbonyl (C=O) groups excluding carboxylic acids is 3. The van der Waals surface area contributed by atoms with Gasteiger partial charge in [-0.25, -0.2) is 9.13 Å². The second-order valence-electron chi connectivity index (χ2n) is 24.7. The summed E-state index contributed by atoms with van der Waals surface area (Å²) in [5, 5.41) is 20.6. The van der Waals surface area contributed by atoms with Crippen LogP contribution < -0.4 is 0 Å². The Balaban J connectivity index is 4.53. The van der Waals surface area contributed by atoms with Crippen LogP contribution in [0.25, 0.3) is 0 Å². The Bertz CT molecular complexity index is 2300. The molecule has 0 aliphatic carbocycles. The van der Waals surface area contributed by atoms with Crippen molar-refractivity contribution in [2.75, 3.05) is 39.6 Å². The molecule has 0 fully saturated rings. The monoisotopic (exact) mass is 1400 g/mol. The van der Waals surface area contributed by atoms with Gasteiger partial charge in [-0.1, -0.05) is 270 Å². The zero-order valence-corrected chi connectivity index (χ0v) is 62.2. The van der Waals surface area contributed by atoms with Crippen LogP contribution in [0.1, 0.15) is 290 Å². The topological polar surface area (TPSA) is 231 Å². The lowest BCUT2D eigenvalue weighted by molar-refractivity contribution is -0.161. The molecule has 556 valence electrons. The quantitative estimate of drug-likeness (QED) is 0.0146. The molecule has 97 heavy (non-hydrogen) atoms. The standard InChI is InChI=1S/C79H134O16P2/c1-4-7-10-13-16-19-22-25-28-30-31-32-33-34-35-36-37-38-39-40-41-43-46-47-50-53-56-59-62-65-77(82)89-68-74(80)69-91-96(85,86)92-70-75(81)71-93-97(87,88)94-73-76(95-79(84)67-64-61-58-55-52-49-44-27-24-21-18-15-12-9-6-3)72-90-78(83)66-63-60-57-54-51-48-45-42-29-26-23-20-17-14-11-8-5-2/h7-8,10-11,16-21,25-29,31-32,34-35,37-38,44,74-76,80-81H,4-6,9,12-15,22-24,30,33,36,39-43,45-73H2,1-3H3,(H,85,86)(H,87,88)/b10-7-,11-8-,19-16-,20-17-,21-18-,28-25-,29-26-,32-31-,35-34-,38-37-,44-27-. The van der Waals surface area contributed by atoms with Gasteiger partial charge < -0.3 is 34.2 Å². The normalized spacial score (nSPS) is 14.8. The molecule has 0 aromatic heterocycles. The third-order valence-electron chi connectivity index (χ3n) is 15.3. The van der Waals surface area contributed by atoms with Gasteiger partial charge in [0, 0.05) is 19.3 Å². The van der Waals surface area contributed by atoms with Gasteiger partial charge in [-0.15, -0.1) is 0 Å². The number of unbranched alkanes of at least 4 members (excludes halogenated alkanes) is 25. The highest BCUT2D eigenvalue weighted by Crippen LogP contribution is 2.45. The first-order valence-corrected chi connectivity index (χ1v) is 40.5. The summed E-state index contributed by atoms with van der Waals surface area (Å²) >= 11 is 0. The van der Waals surface area contributed by atoms with Crippen LogP contribution in [0.15, 0.2) is 134 Å². The fourth-order valence-electron chi connectivity index (χ4n) is 9.68. The van der Waals surface area contributed by atoms with Crippen LogP contribution in [0.3, 0.4) is 0 Å². The second-order valence-corrected chi connectivity index (χ2v) is 27.6. The molecular weight excluding hydrogens is 1270 g/mol. The Hall–Kier alpha value is -4.31. The minimum absolute atomic E-state index is 0.0841. The van der Waals surface area contributed by atoms with E-state index >= 15 is 0 Å². The third kappa shape index (κ3) is 72.8. The van der Waals surface area contributed by atoms with E-state index in [0.717, 1.165) is 180 Å². The number of aliphatic hydroxyl groups excluding tert-OH is 2. The van der Waals surface area contributed by atoms with E-state index in [0.29, 0.717) is 19.3 Å². The zero-order valence-electron chi connectivity index (χ0n) is 60.5. The fourth-order valence-corrected chi connectivity index (χ4v) is 11.3. The van der Waals surface area contributed by atoms with Crippen molar-refractivity contribution in [1.82, 2.24) is 0 Å². The van der Waals surface area contributed by atoms with Crippen molar-refractivity contribution in [3.63, 3.8) is 0 Å². The summed E-state index contributed by atoms with van der Waals surface area (Å²) in [4.78, 5) is 58.5. The molecule has 0 amide bonds. The number of carbonyl (C=O) groups is 3. The van der Waals surface area contributed by atoms with Gasteiger partial charge in [-0.2, -0.15) is 0 Å². The zero-order chi connectivity index (χ0) is 70.9. The first-order valence-electron chi connectivity index (χ1n) is 37.5. The van der Waals surface area contributed by atoms with Gasteiger partial charge in [0.05, 0.1) is 26.4 Å². The van der Waals surface area contributed by atoms with Crippen LogP contribution in [0.2, 0.25) is 0 Å². The van der Waals surface area contributed by atoms with Crippen molar-refractivity contribution in [2.24, 2.45) is 0 Å². The van der Waals surface area contributed by atoms with E-state index in [9.17, 15) is 43.5 Å². The summed E-state index contributed by atoms with van der Waals surface area (Å²) in [6, 6.07) is 0. The molecule has 5 atom stereocenters. The molecule has 4 N–H and O–H groups in total. The summed E-state index contributed by atoms with van der Waals surface area (Å²) in [7, 11) is -9.79. The highest BCUT2D eigenvalue weighted by atomic mass is 31.2. The molecule has 0 rings (SSSR count). The summed E-state index contributed by atoms with van der Waals surface area (Å²) < 4.78 is 61.0. The molecular formula is C79H134O16P2. The van der Waals surface area contributed by atoms with Gasteiger partial charge in [0.2, 0.25) is 0 Å². The summed E-state index contributed by atoms with van der Waals surface area (Å²) in [6.45, 7) is 2.39. The first-order chi connectivity index (χ1) is 47.2. The average molecular weight is 1400 g/mol. The van der Waals surface area contributed by atoms with E-state index in [2.05, 4.69) is 154 Å². The summed E-state index contributed by atoms with van der Waals surface area (Å²) in [5.74, 6) is -1.61. The molecule has 0 heterocycles. The van der Waals surface area contributed by atoms with Gasteiger partial charge in [-0.3, -0.25) is 32.5 Å². The Morgan fingerprint density at radius 1 is 0.299 bits per heavy atom. The van der Waals surface area contributed by atoms with E-state index in [1.54, 1.807) is 0 Å². The van der Waals surface area contributed by atoms with Crippen molar-refractivity contribution in [3.05, 3.63) is 134 Å². The number of hydrogen-bond donors (Lipinski definition) is 4. The minimum atomic E-state index is -4.93. The van der Waals surface area contributed by atoms with E-state index in [-0.39, 0.29) is 19.3 Å². The highest BCUT2D eigenvalue weighted by molar-refractivity contribution is 7.47. The molecule has 0 aliphatic heterocycles. The Kier molecular flexibility index (Phi) is 68.3. The lowest BCUT2D eigenvalue weighted by atomic mass is 10.1. The lowest BCUT2D eigenvalue weighted by Gasteiger charge is -2.21. The molecule has 5 unspecified atom stereocenters. The Labute approximate surface area is 588 Å². The van der Waals surface area contributed by atoms with Crippen molar-refractivity contribution < 1.29 is 75.8 Å². The molecule has 0 saturated heterocycles. The maximum Gasteiger partial charge on any atom is 0.472 e. The molecule has 16 nitrogen and oxygen atoms in total. The number of phosphoric ester groups is 2. The number of ether oxygens (including phenoxy) is 3. The van der Waals surface area contributed by atoms with Gasteiger partial charge in [0.1, 0.15) is 25.4 Å². The Morgan fingerprint density at radius 2 is 0.546 bits per heavy atom. The molecule has 0 spiro atoms. The van der Waals surface area contributed by atoms with Crippen molar-refractivity contribution in [1.29, 1.82) is 0 Å². The summed E-state index contributed by atoms with van der Waals surface area (Å²) in [5.41, 5.74) is 0. The van der Waals surface area contributed by atoms with Crippen LogP contribution in [0, 0.1) is 0 Å². The molecule has 18 heteroatoms. The number of aliphatic hydroxyl groups is 2. The van der Waals surface area contributed by atoms with Crippen molar-refractivity contribution in [3.8, 4) is 0 Å². The number of rotatable bonds is 70.